The number of benzene rings is 1. The van der Waals surface area contributed by atoms with Gasteiger partial charge in [-0.25, -0.2) is 14.4 Å². The largest absolute Gasteiger partial charge is 0.309 e. The van der Waals surface area contributed by atoms with Gasteiger partial charge in [0.2, 0.25) is 5.91 Å². The quantitative estimate of drug-likeness (QED) is 0.728. The van der Waals surface area contributed by atoms with Crippen molar-refractivity contribution in [1.29, 1.82) is 0 Å². The Balaban J connectivity index is 1.70. The van der Waals surface area contributed by atoms with Crippen molar-refractivity contribution in [3.05, 3.63) is 41.0 Å². The molecule has 0 bridgehead atoms. The van der Waals surface area contributed by atoms with Gasteiger partial charge in [0.05, 0.1) is 17.1 Å². The molecule has 0 spiro atoms. The maximum atomic E-state index is 13.7. The summed E-state index contributed by atoms with van der Waals surface area (Å²) in [6.45, 7) is 4.08. The number of carbonyl (C=O) groups is 1. The molecular weight excluding hydrogens is 365 g/mol. The van der Waals surface area contributed by atoms with Crippen LogP contribution in [0.25, 0.3) is 11.3 Å². The van der Waals surface area contributed by atoms with E-state index < -0.39 is 0 Å². The van der Waals surface area contributed by atoms with E-state index in [1.807, 2.05) is 19.9 Å². The zero-order valence-corrected chi connectivity index (χ0v) is 17.4. The highest BCUT2D eigenvalue weighted by Gasteiger charge is 2.25. The number of nitrogens with zero attached hydrogens (tertiary/aromatic N) is 2. The summed E-state index contributed by atoms with van der Waals surface area (Å²) in [5.41, 5.74) is 4.61. The number of carbonyl (C=O) groups excluding carboxylic acids is 1. The van der Waals surface area contributed by atoms with Crippen LogP contribution in [0.4, 0.5) is 10.2 Å². The lowest BCUT2D eigenvalue weighted by Gasteiger charge is -2.24. The molecule has 0 aliphatic heterocycles. The lowest BCUT2D eigenvalue weighted by molar-refractivity contribution is -0.116. The highest BCUT2D eigenvalue weighted by Crippen LogP contribution is 2.35. The van der Waals surface area contributed by atoms with Gasteiger partial charge in [-0.15, -0.1) is 0 Å². The van der Waals surface area contributed by atoms with Crippen molar-refractivity contribution in [2.45, 2.75) is 71.6 Å². The number of halogens is 1. The molecule has 0 radical (unpaired) electrons. The first-order valence-electron chi connectivity index (χ1n) is 11.0. The van der Waals surface area contributed by atoms with Gasteiger partial charge in [0.25, 0.3) is 0 Å². The maximum absolute atomic E-state index is 13.7. The van der Waals surface area contributed by atoms with E-state index in [4.69, 9.17) is 9.97 Å². The molecule has 0 atom stereocenters. The molecule has 4 rings (SSSR count). The van der Waals surface area contributed by atoms with Crippen molar-refractivity contribution >= 4 is 11.7 Å². The molecule has 0 saturated heterocycles. The number of nitrogens with one attached hydrogen (secondary N) is 1. The lowest BCUT2D eigenvalue weighted by Crippen LogP contribution is -2.21. The summed E-state index contributed by atoms with van der Waals surface area (Å²) >= 11 is 0. The van der Waals surface area contributed by atoms with Gasteiger partial charge < -0.3 is 5.32 Å². The third kappa shape index (κ3) is 4.65. The smallest absolute Gasteiger partial charge is 0.225 e. The molecule has 154 valence electrons. The minimum absolute atomic E-state index is 0.00238. The van der Waals surface area contributed by atoms with Gasteiger partial charge in [-0.2, -0.15) is 0 Å². The predicted octanol–water partition coefficient (Wildman–Crippen LogP) is 5.49. The van der Waals surface area contributed by atoms with E-state index in [0.717, 1.165) is 47.5 Å². The molecule has 1 heterocycles. The summed E-state index contributed by atoms with van der Waals surface area (Å²) in [5, 5.41) is 3.04. The number of hydrogen-bond donors (Lipinski definition) is 1. The Morgan fingerprint density at radius 2 is 1.97 bits per heavy atom. The molecule has 5 heteroatoms. The Kier molecular flexibility index (Phi) is 5.93. The van der Waals surface area contributed by atoms with Crippen LogP contribution in [0.3, 0.4) is 0 Å². The lowest BCUT2D eigenvalue weighted by atomic mass is 9.85. The molecule has 1 saturated carbocycles. The van der Waals surface area contributed by atoms with Crippen LogP contribution >= 0.6 is 0 Å². The Morgan fingerprint density at radius 1 is 1.17 bits per heavy atom. The fourth-order valence-corrected chi connectivity index (χ4v) is 4.61. The molecule has 1 amide bonds. The van der Waals surface area contributed by atoms with E-state index >= 15 is 0 Å². The second kappa shape index (κ2) is 8.60. The minimum atomic E-state index is -0.208. The first-order valence-corrected chi connectivity index (χ1v) is 11.0. The highest BCUT2D eigenvalue weighted by molar-refractivity contribution is 5.90. The predicted molar refractivity (Wildman–Crippen MR) is 113 cm³/mol. The van der Waals surface area contributed by atoms with Crippen LogP contribution in [0.1, 0.15) is 69.3 Å². The molecule has 1 N–H and O–H groups in total. The van der Waals surface area contributed by atoms with Crippen molar-refractivity contribution in [3.8, 4) is 11.3 Å². The number of aromatic nitrogens is 2. The van der Waals surface area contributed by atoms with Crippen LogP contribution in [0.5, 0.6) is 0 Å². The van der Waals surface area contributed by atoms with E-state index in [9.17, 15) is 9.18 Å². The Labute approximate surface area is 172 Å². The van der Waals surface area contributed by atoms with Gasteiger partial charge in [-0.1, -0.05) is 46.0 Å². The SMILES string of the molecule is CC(C)CC(=O)Nc1nc2c(nc1CC1CCCCC1)-c1ccc(F)cc1CC2. The van der Waals surface area contributed by atoms with Gasteiger partial charge in [0, 0.05) is 12.0 Å². The summed E-state index contributed by atoms with van der Waals surface area (Å²) in [5.74, 6) is 1.31. The summed E-state index contributed by atoms with van der Waals surface area (Å²) in [6.07, 6.45) is 9.03. The zero-order valence-electron chi connectivity index (χ0n) is 17.4. The monoisotopic (exact) mass is 395 g/mol. The van der Waals surface area contributed by atoms with Crippen LogP contribution in [0, 0.1) is 17.7 Å². The molecule has 1 fully saturated rings. The molecule has 2 aliphatic carbocycles. The van der Waals surface area contributed by atoms with Crippen molar-refractivity contribution in [2.75, 3.05) is 5.32 Å². The average molecular weight is 396 g/mol. The first kappa shape index (κ1) is 20.0. The van der Waals surface area contributed by atoms with Gasteiger partial charge in [-0.3, -0.25) is 4.79 Å². The van der Waals surface area contributed by atoms with E-state index in [0.29, 0.717) is 24.1 Å². The summed E-state index contributed by atoms with van der Waals surface area (Å²) < 4.78 is 13.7. The fraction of sp³-hybridized carbons (Fsp3) is 0.542. The minimum Gasteiger partial charge on any atom is -0.309 e. The van der Waals surface area contributed by atoms with Crippen LogP contribution in [0.2, 0.25) is 0 Å². The molecular formula is C24H30FN3O. The van der Waals surface area contributed by atoms with Crippen LogP contribution in [0.15, 0.2) is 18.2 Å². The van der Waals surface area contributed by atoms with Crippen molar-refractivity contribution in [2.24, 2.45) is 11.8 Å². The number of hydrogen-bond acceptors (Lipinski definition) is 3. The van der Waals surface area contributed by atoms with Gasteiger partial charge in [-0.05, 0) is 54.9 Å². The van der Waals surface area contributed by atoms with E-state index in [-0.39, 0.29) is 11.7 Å². The molecule has 1 aromatic carbocycles. The maximum Gasteiger partial charge on any atom is 0.225 e. The number of rotatable bonds is 5. The Bertz CT molecular complexity index is 903. The topological polar surface area (TPSA) is 54.9 Å². The molecule has 1 aromatic heterocycles. The fourth-order valence-electron chi connectivity index (χ4n) is 4.61. The number of fused-ring (bicyclic) bond motifs is 3. The number of aryl methyl sites for hydroxylation is 2. The first-order chi connectivity index (χ1) is 14.0. The Hall–Kier alpha value is -2.30. The zero-order chi connectivity index (χ0) is 20.4. The van der Waals surface area contributed by atoms with Gasteiger partial charge >= 0.3 is 0 Å². The summed E-state index contributed by atoms with van der Waals surface area (Å²) in [6, 6.07) is 4.92. The molecule has 0 unspecified atom stereocenters. The van der Waals surface area contributed by atoms with Crippen molar-refractivity contribution < 1.29 is 9.18 Å². The van der Waals surface area contributed by atoms with Gasteiger partial charge in [0.1, 0.15) is 5.82 Å². The highest BCUT2D eigenvalue weighted by atomic mass is 19.1. The molecule has 29 heavy (non-hydrogen) atoms. The second-order valence-electron chi connectivity index (χ2n) is 8.97. The third-order valence-corrected chi connectivity index (χ3v) is 6.05. The molecule has 2 aliphatic rings. The van der Waals surface area contributed by atoms with Crippen LogP contribution in [-0.2, 0) is 24.1 Å². The number of anilines is 1. The summed E-state index contributed by atoms with van der Waals surface area (Å²) in [7, 11) is 0. The van der Waals surface area contributed by atoms with Crippen molar-refractivity contribution in [1.82, 2.24) is 9.97 Å². The summed E-state index contributed by atoms with van der Waals surface area (Å²) in [4.78, 5) is 22.3. The molecule has 2 aromatic rings. The average Bonchev–Trinajstić information content (AvgIpc) is 2.68. The van der Waals surface area contributed by atoms with E-state index in [1.54, 1.807) is 6.07 Å². The standard InChI is InChI=1S/C24H30FN3O/c1-15(2)12-22(29)28-24-21(13-16-6-4-3-5-7-16)26-23-19-10-9-18(25)14-17(19)8-11-20(23)27-24/h9-10,14-16H,3-8,11-13H2,1-2H3,(H,27,28,29). The van der Waals surface area contributed by atoms with Crippen molar-refractivity contribution in [3.63, 3.8) is 0 Å². The van der Waals surface area contributed by atoms with E-state index in [2.05, 4.69) is 5.32 Å². The third-order valence-electron chi connectivity index (χ3n) is 6.05. The second-order valence-corrected chi connectivity index (χ2v) is 8.97. The van der Waals surface area contributed by atoms with Gasteiger partial charge in [0.15, 0.2) is 5.82 Å². The van der Waals surface area contributed by atoms with Crippen LogP contribution in [-0.4, -0.2) is 15.9 Å². The Morgan fingerprint density at radius 3 is 2.72 bits per heavy atom. The number of amides is 1. The molecule has 4 nitrogen and oxygen atoms in total. The van der Waals surface area contributed by atoms with Crippen LogP contribution < -0.4 is 5.32 Å². The normalized spacial score (nSPS) is 16.4. The van der Waals surface area contributed by atoms with E-state index in [1.165, 1.54) is 38.2 Å².